The van der Waals surface area contributed by atoms with Crippen molar-refractivity contribution >= 4 is 52.9 Å². The molecule has 2 N–H and O–H groups in total. The Balaban J connectivity index is 1.80. The monoisotopic (exact) mass is 765 g/mol. The Labute approximate surface area is 315 Å². The number of amides is 3. The van der Waals surface area contributed by atoms with Gasteiger partial charge in [-0.1, -0.05) is 42.3 Å². The zero-order valence-electron chi connectivity index (χ0n) is 31.7. The van der Waals surface area contributed by atoms with Crippen LogP contribution in [0, 0.1) is 5.92 Å². The van der Waals surface area contributed by atoms with Crippen molar-refractivity contribution in [2.24, 2.45) is 5.92 Å². The highest BCUT2D eigenvalue weighted by molar-refractivity contribution is 7.98. The normalized spacial score (nSPS) is 33.0. The summed E-state index contributed by atoms with van der Waals surface area (Å²) in [5, 5.41) is 14.6. The molecule has 4 aliphatic rings. The molecule has 1 aromatic rings. The number of nitrogens with zero attached hydrogens (tertiary/aromatic N) is 2. The van der Waals surface area contributed by atoms with E-state index in [-0.39, 0.29) is 30.2 Å². The van der Waals surface area contributed by atoms with Gasteiger partial charge in [-0.05, 0) is 58.1 Å². The molecule has 0 aromatic heterocycles. The highest BCUT2D eigenvalue weighted by Gasteiger charge is 2.65. The standard InChI is InChI=1S/C37H52ClN3O10S/c1-22-12-11-13-28(48-9)37(46)21-34(4,50-33(45)39-37)24(3)35(5)20-36(51-35,49-32(44)23(2)40(6)29(42)14-15-52-10)19-30(43)41(7)26-17-25(16-22)18-27(47-8)31(26)38/h11-13,17-18,23-24,28,46H,14-16,19-21H2,1-10H3,(H,39,45)/b13-11+,22-12-/t23-,24-,28-,34+,35?,36-,37-/m0/s1. The summed E-state index contributed by atoms with van der Waals surface area (Å²) in [5.74, 6) is -2.85. The fourth-order valence-electron chi connectivity index (χ4n) is 7.23. The molecule has 0 saturated carbocycles. The molecule has 15 heteroatoms. The number of fused-ring (bicyclic) bond motifs is 5. The fourth-order valence-corrected chi connectivity index (χ4v) is 7.92. The fraction of sp³-hybridized carbons (Fsp3) is 0.622. The molecule has 0 aliphatic carbocycles. The van der Waals surface area contributed by atoms with Gasteiger partial charge >= 0.3 is 12.1 Å². The summed E-state index contributed by atoms with van der Waals surface area (Å²) in [6, 6.07) is 2.60. The topological polar surface area (TPSA) is 153 Å². The maximum Gasteiger partial charge on any atom is 0.410 e. The number of anilines is 1. The predicted octanol–water partition coefficient (Wildman–Crippen LogP) is 5.01. The molecule has 4 heterocycles. The lowest BCUT2D eigenvalue weighted by Crippen LogP contribution is -2.72. The van der Waals surface area contributed by atoms with Crippen LogP contribution in [-0.2, 0) is 39.8 Å². The number of nitrogens with one attached hydrogen (secondary N) is 1. The zero-order valence-corrected chi connectivity index (χ0v) is 33.2. The van der Waals surface area contributed by atoms with Gasteiger partial charge in [-0.3, -0.25) is 14.9 Å². The van der Waals surface area contributed by atoms with Gasteiger partial charge in [0.1, 0.15) is 28.5 Å². The first-order chi connectivity index (χ1) is 24.3. The lowest BCUT2D eigenvalue weighted by Gasteiger charge is -2.60. The number of thioether (sulfide) groups is 1. The number of ether oxygens (including phenoxy) is 5. The molecule has 0 radical (unpaired) electrons. The van der Waals surface area contributed by atoms with Crippen LogP contribution in [0.25, 0.3) is 0 Å². The third-order valence-electron chi connectivity index (χ3n) is 10.6. The van der Waals surface area contributed by atoms with E-state index in [4.69, 9.17) is 35.3 Å². The second-order valence-electron chi connectivity index (χ2n) is 14.5. The summed E-state index contributed by atoms with van der Waals surface area (Å²) in [6.45, 7) is 8.76. The summed E-state index contributed by atoms with van der Waals surface area (Å²) in [6.07, 6.45) is 5.59. The van der Waals surface area contributed by atoms with Gasteiger partial charge in [-0.15, -0.1) is 0 Å². The van der Waals surface area contributed by atoms with Crippen molar-refractivity contribution in [2.75, 3.05) is 45.2 Å². The molecular formula is C37H52ClN3O10S. The summed E-state index contributed by atoms with van der Waals surface area (Å²) < 4.78 is 29.7. The largest absolute Gasteiger partial charge is 0.495 e. The van der Waals surface area contributed by atoms with E-state index in [9.17, 15) is 24.3 Å². The molecule has 7 atom stereocenters. The van der Waals surface area contributed by atoms with E-state index in [1.165, 1.54) is 42.8 Å². The number of aliphatic hydroxyl groups is 1. The molecule has 1 unspecified atom stereocenters. The Hall–Kier alpha value is -3.30. The van der Waals surface area contributed by atoms with Crippen molar-refractivity contribution in [3.8, 4) is 5.75 Å². The minimum atomic E-state index is -1.86. The smallest absolute Gasteiger partial charge is 0.410 e. The summed E-state index contributed by atoms with van der Waals surface area (Å²) in [7, 11) is 6.02. The van der Waals surface area contributed by atoms with Gasteiger partial charge in [-0.25, -0.2) is 9.59 Å². The molecule has 4 aliphatic heterocycles. The van der Waals surface area contributed by atoms with E-state index in [1.54, 1.807) is 52.1 Å². The molecule has 288 valence electrons. The zero-order chi connectivity index (χ0) is 38.8. The minimum Gasteiger partial charge on any atom is -0.495 e. The number of hydrogen-bond acceptors (Lipinski definition) is 11. The highest BCUT2D eigenvalue weighted by Crippen LogP contribution is 2.54. The van der Waals surface area contributed by atoms with Gasteiger partial charge in [0.2, 0.25) is 17.6 Å². The van der Waals surface area contributed by atoms with Crippen LogP contribution in [0.4, 0.5) is 10.5 Å². The second kappa shape index (κ2) is 16.0. The molecule has 2 fully saturated rings. The molecular weight excluding hydrogens is 714 g/mol. The number of carbonyl (C=O) groups is 4. The number of halogens is 1. The molecule has 5 rings (SSSR count). The maximum absolute atomic E-state index is 14.1. The van der Waals surface area contributed by atoms with Crippen molar-refractivity contribution in [3.63, 3.8) is 0 Å². The average Bonchev–Trinajstić information content (AvgIpc) is 3.06. The van der Waals surface area contributed by atoms with Crippen LogP contribution in [0.2, 0.25) is 5.02 Å². The Morgan fingerprint density at radius 3 is 2.50 bits per heavy atom. The van der Waals surface area contributed by atoms with Gasteiger partial charge in [-0.2, -0.15) is 11.8 Å². The van der Waals surface area contributed by atoms with Crippen LogP contribution in [0.1, 0.15) is 65.9 Å². The van der Waals surface area contributed by atoms with Crippen molar-refractivity contribution in [1.29, 1.82) is 0 Å². The Bertz CT molecular complexity index is 1610. The third-order valence-corrected chi connectivity index (χ3v) is 11.6. The molecule has 3 amide bonds. The average molecular weight is 766 g/mol. The number of allylic oxidation sites excluding steroid dienone is 3. The number of carbonyl (C=O) groups excluding carboxylic acids is 4. The number of hydrogen-bond donors (Lipinski definition) is 2. The Kier molecular flexibility index (Phi) is 12.7. The van der Waals surface area contributed by atoms with Crippen LogP contribution in [0.15, 0.2) is 35.9 Å². The lowest BCUT2D eigenvalue weighted by atomic mass is 9.67. The van der Waals surface area contributed by atoms with Crippen LogP contribution in [-0.4, -0.2) is 109 Å². The summed E-state index contributed by atoms with van der Waals surface area (Å²) in [5.41, 5.74) is -2.17. The third kappa shape index (κ3) is 8.57. The predicted molar refractivity (Wildman–Crippen MR) is 198 cm³/mol. The maximum atomic E-state index is 14.1. The molecule has 1 aromatic carbocycles. The van der Waals surface area contributed by atoms with Crippen molar-refractivity contribution < 1.29 is 48.0 Å². The Morgan fingerprint density at radius 1 is 1.21 bits per heavy atom. The number of likely N-dealkylation sites (N-methyl/N-ethyl adjacent to an activating group) is 1. The SMILES string of the molecule is COc1cc2cc(c1Cl)N(C)C(=O)C[C@@]1(OC(=O)[C@H](C)N(C)C(=O)CCSC)CC(C)(O1)[C@@H](C)[C@@]1(C)C[C@@](O)(NC(=O)O1)[C@@H](OC)/C=C/C=C(/C)C2. The van der Waals surface area contributed by atoms with E-state index in [1.807, 2.05) is 26.2 Å². The van der Waals surface area contributed by atoms with Crippen LogP contribution in [0.3, 0.4) is 0 Å². The molecule has 6 bridgehead atoms. The van der Waals surface area contributed by atoms with E-state index >= 15 is 0 Å². The van der Waals surface area contributed by atoms with Gasteiger partial charge < -0.3 is 38.6 Å². The molecule has 0 spiro atoms. The van der Waals surface area contributed by atoms with Gasteiger partial charge in [0.15, 0.2) is 5.72 Å². The number of esters is 1. The van der Waals surface area contributed by atoms with Crippen molar-refractivity contribution in [2.45, 2.75) is 102 Å². The quantitative estimate of drug-likeness (QED) is 0.344. The molecule has 52 heavy (non-hydrogen) atoms. The Morgan fingerprint density at radius 2 is 1.88 bits per heavy atom. The van der Waals surface area contributed by atoms with Crippen LogP contribution < -0.4 is 15.0 Å². The number of alkyl carbamates (subject to hydrolysis) is 1. The first-order valence-corrected chi connectivity index (χ1v) is 18.9. The van der Waals surface area contributed by atoms with Gasteiger partial charge in [0.05, 0.1) is 24.8 Å². The second-order valence-corrected chi connectivity index (χ2v) is 15.9. The number of benzene rings is 1. The first-order valence-electron chi connectivity index (χ1n) is 17.2. The number of rotatable bonds is 8. The van der Waals surface area contributed by atoms with E-state index in [0.29, 0.717) is 23.6 Å². The highest BCUT2D eigenvalue weighted by atomic mass is 35.5. The van der Waals surface area contributed by atoms with Crippen molar-refractivity contribution in [3.05, 3.63) is 46.5 Å². The lowest BCUT2D eigenvalue weighted by molar-refractivity contribution is -0.387. The van der Waals surface area contributed by atoms with E-state index < -0.39 is 65.2 Å². The minimum absolute atomic E-state index is 0.0240. The summed E-state index contributed by atoms with van der Waals surface area (Å²) in [4.78, 5) is 56.4. The van der Waals surface area contributed by atoms with Crippen molar-refractivity contribution in [1.82, 2.24) is 10.2 Å². The van der Waals surface area contributed by atoms with E-state index in [2.05, 4.69) is 5.32 Å². The van der Waals surface area contributed by atoms with Gasteiger partial charge in [0.25, 0.3) is 0 Å². The first kappa shape index (κ1) is 41.5. The number of methoxy groups -OCH3 is 2. The van der Waals surface area contributed by atoms with E-state index in [0.717, 1.165) is 11.1 Å². The summed E-state index contributed by atoms with van der Waals surface area (Å²) >= 11 is 8.27. The van der Waals surface area contributed by atoms with Crippen LogP contribution in [0.5, 0.6) is 5.75 Å². The molecule has 13 nitrogen and oxygen atoms in total. The van der Waals surface area contributed by atoms with Crippen LogP contribution >= 0.6 is 23.4 Å². The molecule has 2 saturated heterocycles. The van der Waals surface area contributed by atoms with Gasteiger partial charge in [0, 0.05) is 52.1 Å².